The molecule has 0 aromatic heterocycles. The van der Waals surface area contributed by atoms with Crippen molar-refractivity contribution in [2.24, 2.45) is 5.41 Å². The maximum Gasteiger partial charge on any atom is 0.235 e. The van der Waals surface area contributed by atoms with Crippen molar-refractivity contribution >= 4 is 35.0 Å². The molecule has 0 atom stereocenters. The average molecular weight is 391 g/mol. The van der Waals surface area contributed by atoms with Gasteiger partial charge in [-0.1, -0.05) is 53.5 Å². The van der Waals surface area contributed by atoms with Crippen molar-refractivity contribution < 1.29 is 9.59 Å². The van der Waals surface area contributed by atoms with Crippen LogP contribution in [-0.2, 0) is 22.6 Å². The van der Waals surface area contributed by atoms with E-state index in [9.17, 15) is 9.59 Å². The Labute approximate surface area is 162 Å². The molecular weight excluding hydrogens is 371 g/mol. The first kappa shape index (κ1) is 18.7. The molecule has 0 spiro atoms. The molecule has 2 amide bonds. The smallest absolute Gasteiger partial charge is 0.235 e. The summed E-state index contributed by atoms with van der Waals surface area (Å²) >= 11 is 12.1. The van der Waals surface area contributed by atoms with Gasteiger partial charge in [0.15, 0.2) is 0 Å². The molecular formula is C20H20Cl2N2O2. The molecule has 0 heterocycles. The number of hydrogen-bond donors (Lipinski definition) is 2. The summed E-state index contributed by atoms with van der Waals surface area (Å²) in [5, 5.41) is 6.99. The molecule has 0 unspecified atom stereocenters. The highest BCUT2D eigenvalue weighted by atomic mass is 35.5. The fourth-order valence-corrected chi connectivity index (χ4v) is 3.27. The normalized spacial score (nSPS) is 14.5. The largest absolute Gasteiger partial charge is 0.355 e. The van der Waals surface area contributed by atoms with E-state index in [0.29, 0.717) is 42.4 Å². The van der Waals surface area contributed by atoms with Crippen molar-refractivity contribution in [3.8, 4) is 0 Å². The van der Waals surface area contributed by atoms with Crippen LogP contribution in [0.25, 0.3) is 0 Å². The summed E-state index contributed by atoms with van der Waals surface area (Å²) in [5.41, 5.74) is 0.945. The molecule has 1 saturated carbocycles. The fraction of sp³-hybridized carbons (Fsp3) is 0.300. The van der Waals surface area contributed by atoms with Crippen molar-refractivity contribution in [2.45, 2.75) is 25.8 Å². The van der Waals surface area contributed by atoms with Crippen LogP contribution in [0.2, 0.25) is 10.0 Å². The summed E-state index contributed by atoms with van der Waals surface area (Å²) in [7, 11) is 0. The molecule has 6 heteroatoms. The summed E-state index contributed by atoms with van der Waals surface area (Å²) in [6.07, 6.45) is 1.82. The van der Waals surface area contributed by atoms with Gasteiger partial charge in [0.1, 0.15) is 5.41 Å². The quantitative estimate of drug-likeness (QED) is 0.707. The Kier molecular flexibility index (Phi) is 5.84. The number of carbonyl (C=O) groups is 2. The molecule has 26 heavy (non-hydrogen) atoms. The Morgan fingerprint density at radius 3 is 2.38 bits per heavy atom. The van der Waals surface area contributed by atoms with Crippen molar-refractivity contribution in [3.63, 3.8) is 0 Å². The van der Waals surface area contributed by atoms with E-state index in [-0.39, 0.29) is 11.8 Å². The van der Waals surface area contributed by atoms with E-state index >= 15 is 0 Å². The van der Waals surface area contributed by atoms with Crippen LogP contribution in [0.4, 0.5) is 0 Å². The SMILES string of the molecule is O=C(NCCc1cccc(Cl)c1)C1(C(=O)NCc2ccccc2Cl)CC1. The van der Waals surface area contributed by atoms with Crippen LogP contribution in [-0.4, -0.2) is 18.4 Å². The van der Waals surface area contributed by atoms with Gasteiger partial charge in [0, 0.05) is 23.1 Å². The van der Waals surface area contributed by atoms with E-state index < -0.39 is 5.41 Å². The van der Waals surface area contributed by atoms with Gasteiger partial charge < -0.3 is 10.6 Å². The van der Waals surface area contributed by atoms with Crippen molar-refractivity contribution in [1.82, 2.24) is 10.6 Å². The van der Waals surface area contributed by atoms with Crippen LogP contribution in [0.15, 0.2) is 48.5 Å². The van der Waals surface area contributed by atoms with Crippen LogP contribution in [0, 0.1) is 5.41 Å². The number of amides is 2. The lowest BCUT2D eigenvalue weighted by Crippen LogP contribution is -2.43. The molecule has 1 aliphatic rings. The third kappa shape index (κ3) is 4.37. The van der Waals surface area contributed by atoms with Gasteiger partial charge in [0.05, 0.1) is 0 Å². The zero-order valence-corrected chi connectivity index (χ0v) is 15.7. The first-order valence-corrected chi connectivity index (χ1v) is 9.31. The third-order valence-corrected chi connectivity index (χ3v) is 5.21. The second-order valence-corrected chi connectivity index (χ2v) is 7.34. The van der Waals surface area contributed by atoms with Crippen LogP contribution < -0.4 is 10.6 Å². The molecule has 0 aliphatic heterocycles. The Hall–Kier alpha value is -2.04. The maximum absolute atomic E-state index is 12.5. The minimum atomic E-state index is -0.935. The zero-order chi connectivity index (χ0) is 18.6. The Morgan fingerprint density at radius 1 is 0.962 bits per heavy atom. The van der Waals surface area contributed by atoms with Gasteiger partial charge in [-0.05, 0) is 48.6 Å². The van der Waals surface area contributed by atoms with Crippen molar-refractivity contribution in [3.05, 3.63) is 69.7 Å². The fourth-order valence-electron chi connectivity index (χ4n) is 2.85. The monoisotopic (exact) mass is 390 g/mol. The third-order valence-electron chi connectivity index (χ3n) is 4.60. The number of rotatable bonds is 7. The number of hydrogen-bond acceptors (Lipinski definition) is 2. The number of benzene rings is 2. The minimum absolute atomic E-state index is 0.212. The second kappa shape index (κ2) is 8.11. The van der Waals surface area contributed by atoms with Crippen LogP contribution in [0.1, 0.15) is 24.0 Å². The van der Waals surface area contributed by atoms with E-state index in [4.69, 9.17) is 23.2 Å². The van der Waals surface area contributed by atoms with E-state index in [1.54, 1.807) is 6.07 Å². The minimum Gasteiger partial charge on any atom is -0.355 e. The van der Waals surface area contributed by atoms with E-state index in [2.05, 4.69) is 10.6 Å². The first-order valence-electron chi connectivity index (χ1n) is 8.56. The predicted molar refractivity (Wildman–Crippen MR) is 103 cm³/mol. The second-order valence-electron chi connectivity index (χ2n) is 6.49. The molecule has 136 valence electrons. The lowest BCUT2D eigenvalue weighted by Gasteiger charge is -2.16. The summed E-state index contributed by atoms with van der Waals surface area (Å²) in [6.45, 7) is 0.786. The van der Waals surface area contributed by atoms with Crippen LogP contribution >= 0.6 is 23.2 Å². The van der Waals surface area contributed by atoms with Gasteiger partial charge in [-0.3, -0.25) is 9.59 Å². The lowest BCUT2D eigenvalue weighted by atomic mass is 10.0. The van der Waals surface area contributed by atoms with E-state index in [0.717, 1.165) is 11.1 Å². The molecule has 2 N–H and O–H groups in total. The number of carbonyl (C=O) groups excluding carboxylic acids is 2. The molecule has 0 bridgehead atoms. The summed E-state index contributed by atoms with van der Waals surface area (Å²) in [6, 6.07) is 14.9. The summed E-state index contributed by atoms with van der Waals surface area (Å²) in [5.74, 6) is -0.450. The van der Waals surface area contributed by atoms with Crippen LogP contribution in [0.3, 0.4) is 0 Å². The standard InChI is InChI=1S/C20H20Cl2N2O2/c21-16-6-3-4-14(12-16)8-11-23-18(25)20(9-10-20)19(26)24-13-15-5-1-2-7-17(15)22/h1-7,12H,8-11,13H2,(H,23,25)(H,24,26). The molecule has 3 rings (SSSR count). The first-order chi connectivity index (χ1) is 12.5. The molecule has 0 saturated heterocycles. The zero-order valence-electron chi connectivity index (χ0n) is 14.2. The number of halogens is 2. The van der Waals surface area contributed by atoms with Crippen molar-refractivity contribution in [2.75, 3.05) is 6.54 Å². The van der Waals surface area contributed by atoms with Gasteiger partial charge in [0.2, 0.25) is 11.8 Å². The highest BCUT2D eigenvalue weighted by Gasteiger charge is 2.56. The summed E-state index contributed by atoms with van der Waals surface area (Å²) in [4.78, 5) is 25.0. The molecule has 2 aromatic rings. The molecule has 2 aromatic carbocycles. The maximum atomic E-state index is 12.5. The van der Waals surface area contributed by atoms with Crippen LogP contribution in [0.5, 0.6) is 0 Å². The average Bonchev–Trinajstić information content (AvgIpc) is 3.43. The van der Waals surface area contributed by atoms with Gasteiger partial charge in [-0.2, -0.15) is 0 Å². The van der Waals surface area contributed by atoms with E-state index in [1.165, 1.54) is 0 Å². The van der Waals surface area contributed by atoms with Gasteiger partial charge >= 0.3 is 0 Å². The van der Waals surface area contributed by atoms with E-state index in [1.807, 2.05) is 42.5 Å². The Bertz CT molecular complexity index is 819. The molecule has 1 aliphatic carbocycles. The lowest BCUT2D eigenvalue weighted by molar-refractivity contribution is -0.137. The molecule has 4 nitrogen and oxygen atoms in total. The predicted octanol–water partition coefficient (Wildman–Crippen LogP) is 3.75. The molecule has 1 fully saturated rings. The Balaban J connectivity index is 1.50. The topological polar surface area (TPSA) is 58.2 Å². The highest BCUT2D eigenvalue weighted by Crippen LogP contribution is 2.46. The van der Waals surface area contributed by atoms with Gasteiger partial charge in [-0.25, -0.2) is 0 Å². The summed E-state index contributed by atoms with van der Waals surface area (Å²) < 4.78 is 0. The van der Waals surface area contributed by atoms with Gasteiger partial charge in [-0.15, -0.1) is 0 Å². The van der Waals surface area contributed by atoms with Crippen molar-refractivity contribution in [1.29, 1.82) is 0 Å². The molecule has 0 radical (unpaired) electrons. The Morgan fingerprint density at radius 2 is 1.69 bits per heavy atom. The highest BCUT2D eigenvalue weighted by molar-refractivity contribution is 6.31. The number of nitrogens with one attached hydrogen (secondary N) is 2. The van der Waals surface area contributed by atoms with Gasteiger partial charge in [0.25, 0.3) is 0 Å².